The molecule has 102 valence electrons. The maximum atomic E-state index is 4.42. The van der Waals surface area contributed by atoms with Gasteiger partial charge in [-0.2, -0.15) is 0 Å². The molecule has 3 heteroatoms. The molecule has 1 aromatic heterocycles. The standard InChI is InChI=1S/C15H27N3/c1-5-13(4)11-18(7-3)12-14-8-9-15(16-6-2)17-10-14/h8-10,13H,5-7,11-12H2,1-4H3,(H,16,17). The number of nitrogens with zero attached hydrogens (tertiary/aromatic N) is 2. The van der Waals surface area contributed by atoms with Crippen molar-refractivity contribution in [3.05, 3.63) is 23.9 Å². The van der Waals surface area contributed by atoms with E-state index in [-0.39, 0.29) is 0 Å². The van der Waals surface area contributed by atoms with Gasteiger partial charge < -0.3 is 5.32 Å². The van der Waals surface area contributed by atoms with E-state index in [1.807, 2.05) is 6.20 Å². The fraction of sp³-hybridized carbons (Fsp3) is 0.667. The minimum atomic E-state index is 0.763. The zero-order valence-corrected chi connectivity index (χ0v) is 12.2. The number of hydrogen-bond donors (Lipinski definition) is 1. The molecule has 1 unspecified atom stereocenters. The van der Waals surface area contributed by atoms with E-state index >= 15 is 0 Å². The summed E-state index contributed by atoms with van der Waals surface area (Å²) in [6, 6.07) is 4.24. The molecule has 0 aliphatic carbocycles. The topological polar surface area (TPSA) is 28.2 Å². The molecule has 1 rings (SSSR count). The number of pyridine rings is 1. The van der Waals surface area contributed by atoms with Gasteiger partial charge in [0.15, 0.2) is 0 Å². The van der Waals surface area contributed by atoms with Gasteiger partial charge in [-0.1, -0.05) is 33.3 Å². The van der Waals surface area contributed by atoms with E-state index in [9.17, 15) is 0 Å². The van der Waals surface area contributed by atoms with Crippen LogP contribution in [-0.4, -0.2) is 29.5 Å². The van der Waals surface area contributed by atoms with E-state index in [2.05, 4.69) is 55.0 Å². The average Bonchev–Trinajstić information content (AvgIpc) is 2.40. The first-order valence-corrected chi connectivity index (χ1v) is 7.10. The van der Waals surface area contributed by atoms with Gasteiger partial charge in [-0.05, 0) is 31.0 Å². The third-order valence-electron chi connectivity index (χ3n) is 3.30. The van der Waals surface area contributed by atoms with Gasteiger partial charge in [-0.15, -0.1) is 0 Å². The van der Waals surface area contributed by atoms with Crippen molar-refractivity contribution >= 4 is 5.82 Å². The average molecular weight is 249 g/mol. The van der Waals surface area contributed by atoms with Crippen LogP contribution < -0.4 is 5.32 Å². The second-order valence-electron chi connectivity index (χ2n) is 4.92. The first-order valence-electron chi connectivity index (χ1n) is 7.10. The van der Waals surface area contributed by atoms with Crippen molar-refractivity contribution in [2.75, 3.05) is 25.0 Å². The Hall–Kier alpha value is -1.09. The lowest BCUT2D eigenvalue weighted by Gasteiger charge is -2.23. The third-order valence-corrected chi connectivity index (χ3v) is 3.30. The molecule has 0 aliphatic rings. The van der Waals surface area contributed by atoms with E-state index in [0.717, 1.165) is 31.4 Å². The summed E-state index contributed by atoms with van der Waals surface area (Å²) in [7, 11) is 0. The van der Waals surface area contributed by atoms with Gasteiger partial charge in [-0.25, -0.2) is 4.98 Å². The summed E-state index contributed by atoms with van der Waals surface area (Å²) < 4.78 is 0. The molecule has 1 heterocycles. The SMILES string of the molecule is CCNc1ccc(CN(CC)CC(C)CC)cn1. The van der Waals surface area contributed by atoms with Crippen molar-refractivity contribution in [3.63, 3.8) is 0 Å². The number of aromatic nitrogens is 1. The summed E-state index contributed by atoms with van der Waals surface area (Å²) in [5, 5.41) is 3.22. The van der Waals surface area contributed by atoms with Gasteiger partial charge in [0.25, 0.3) is 0 Å². The van der Waals surface area contributed by atoms with Gasteiger partial charge >= 0.3 is 0 Å². The van der Waals surface area contributed by atoms with E-state index in [4.69, 9.17) is 0 Å². The molecule has 0 spiro atoms. The van der Waals surface area contributed by atoms with Crippen LogP contribution in [-0.2, 0) is 6.54 Å². The van der Waals surface area contributed by atoms with Crippen molar-refractivity contribution in [1.82, 2.24) is 9.88 Å². The number of anilines is 1. The van der Waals surface area contributed by atoms with Crippen LogP contribution in [0.25, 0.3) is 0 Å². The largest absolute Gasteiger partial charge is 0.370 e. The van der Waals surface area contributed by atoms with Crippen LogP contribution >= 0.6 is 0 Å². The molecular weight excluding hydrogens is 222 g/mol. The molecule has 3 nitrogen and oxygen atoms in total. The third kappa shape index (κ3) is 5.05. The second kappa shape index (κ2) is 8.09. The Morgan fingerprint density at radius 3 is 2.56 bits per heavy atom. The maximum absolute atomic E-state index is 4.42. The number of hydrogen-bond acceptors (Lipinski definition) is 3. The van der Waals surface area contributed by atoms with Crippen LogP contribution in [0.2, 0.25) is 0 Å². The van der Waals surface area contributed by atoms with Crippen molar-refractivity contribution in [1.29, 1.82) is 0 Å². The highest BCUT2D eigenvalue weighted by Gasteiger charge is 2.08. The number of nitrogens with one attached hydrogen (secondary N) is 1. The highest BCUT2D eigenvalue weighted by atomic mass is 15.1. The molecule has 0 saturated heterocycles. The summed E-state index contributed by atoms with van der Waals surface area (Å²) in [5.74, 6) is 1.73. The fourth-order valence-corrected chi connectivity index (χ4v) is 1.94. The maximum Gasteiger partial charge on any atom is 0.125 e. The van der Waals surface area contributed by atoms with Crippen LogP contribution in [0.5, 0.6) is 0 Å². The van der Waals surface area contributed by atoms with Crippen LogP contribution in [0.15, 0.2) is 18.3 Å². The molecule has 0 saturated carbocycles. The minimum absolute atomic E-state index is 0.763. The number of rotatable bonds is 8. The lowest BCUT2D eigenvalue weighted by Crippen LogP contribution is -2.27. The molecule has 0 radical (unpaired) electrons. The first kappa shape index (κ1) is 15.0. The Morgan fingerprint density at radius 1 is 1.28 bits per heavy atom. The van der Waals surface area contributed by atoms with Crippen molar-refractivity contribution in [2.24, 2.45) is 5.92 Å². The predicted molar refractivity (Wildman–Crippen MR) is 78.8 cm³/mol. The van der Waals surface area contributed by atoms with Crippen molar-refractivity contribution in [3.8, 4) is 0 Å². The van der Waals surface area contributed by atoms with Crippen molar-refractivity contribution < 1.29 is 0 Å². The highest BCUT2D eigenvalue weighted by molar-refractivity contribution is 5.35. The minimum Gasteiger partial charge on any atom is -0.370 e. The monoisotopic (exact) mass is 249 g/mol. The van der Waals surface area contributed by atoms with Crippen LogP contribution in [0.4, 0.5) is 5.82 Å². The molecule has 0 bridgehead atoms. The van der Waals surface area contributed by atoms with Gasteiger partial charge in [0.1, 0.15) is 5.82 Å². The van der Waals surface area contributed by atoms with Gasteiger partial charge in [0, 0.05) is 25.8 Å². The molecule has 0 aromatic carbocycles. The van der Waals surface area contributed by atoms with Gasteiger partial charge in [-0.3, -0.25) is 4.90 Å². The normalized spacial score (nSPS) is 12.7. The molecule has 0 fully saturated rings. The summed E-state index contributed by atoms with van der Waals surface area (Å²) in [6.07, 6.45) is 3.23. The Balaban J connectivity index is 2.53. The molecule has 1 aromatic rings. The van der Waals surface area contributed by atoms with E-state index in [1.165, 1.54) is 18.5 Å². The van der Waals surface area contributed by atoms with Crippen molar-refractivity contribution in [2.45, 2.75) is 40.7 Å². The second-order valence-corrected chi connectivity index (χ2v) is 4.92. The van der Waals surface area contributed by atoms with Crippen LogP contribution in [0.1, 0.15) is 39.7 Å². The summed E-state index contributed by atoms with van der Waals surface area (Å²) >= 11 is 0. The lowest BCUT2D eigenvalue weighted by molar-refractivity contribution is 0.238. The lowest BCUT2D eigenvalue weighted by atomic mass is 10.1. The molecule has 1 N–H and O–H groups in total. The zero-order valence-electron chi connectivity index (χ0n) is 12.2. The Kier molecular flexibility index (Phi) is 6.73. The quantitative estimate of drug-likeness (QED) is 0.765. The fourth-order valence-electron chi connectivity index (χ4n) is 1.94. The Morgan fingerprint density at radius 2 is 2.06 bits per heavy atom. The van der Waals surface area contributed by atoms with E-state index in [0.29, 0.717) is 0 Å². The van der Waals surface area contributed by atoms with E-state index in [1.54, 1.807) is 0 Å². The summed E-state index contributed by atoms with van der Waals surface area (Å²) in [6.45, 7) is 13.1. The predicted octanol–water partition coefficient (Wildman–Crippen LogP) is 3.38. The Labute approximate surface area is 112 Å². The molecular formula is C15H27N3. The van der Waals surface area contributed by atoms with E-state index < -0.39 is 0 Å². The first-order chi connectivity index (χ1) is 8.69. The highest BCUT2D eigenvalue weighted by Crippen LogP contribution is 2.10. The van der Waals surface area contributed by atoms with Crippen LogP contribution in [0.3, 0.4) is 0 Å². The molecule has 0 amide bonds. The smallest absolute Gasteiger partial charge is 0.125 e. The molecule has 18 heavy (non-hydrogen) atoms. The summed E-state index contributed by atoms with van der Waals surface area (Å²) in [5.41, 5.74) is 1.29. The summed E-state index contributed by atoms with van der Waals surface area (Å²) in [4.78, 5) is 6.90. The van der Waals surface area contributed by atoms with Gasteiger partial charge in [0.05, 0.1) is 0 Å². The van der Waals surface area contributed by atoms with Crippen LogP contribution in [0, 0.1) is 5.92 Å². The molecule has 1 atom stereocenters. The zero-order chi connectivity index (χ0) is 13.4. The molecule has 0 aliphatic heterocycles. The van der Waals surface area contributed by atoms with Gasteiger partial charge in [0.2, 0.25) is 0 Å². The Bertz CT molecular complexity index is 321.